The van der Waals surface area contributed by atoms with Gasteiger partial charge in [0.15, 0.2) is 0 Å². The molecule has 1 aliphatic carbocycles. The molecule has 6 rings (SSSR count). The van der Waals surface area contributed by atoms with Crippen molar-refractivity contribution in [2.45, 2.75) is 89.4 Å². The number of pyridine rings is 1. The van der Waals surface area contributed by atoms with Crippen LogP contribution in [0.15, 0.2) is 49.2 Å². The van der Waals surface area contributed by atoms with Crippen molar-refractivity contribution in [2.24, 2.45) is 11.3 Å². The van der Waals surface area contributed by atoms with Crippen LogP contribution in [-0.4, -0.2) is 96.4 Å². The second-order valence-corrected chi connectivity index (χ2v) is 16.8. The van der Waals surface area contributed by atoms with Crippen molar-refractivity contribution in [1.29, 1.82) is 0 Å². The zero-order chi connectivity index (χ0) is 37.3. The van der Waals surface area contributed by atoms with Gasteiger partial charge in [-0.3, -0.25) is 14.4 Å². The minimum Gasteiger partial charge on any atom is -0.472 e. The molecule has 1 saturated carbocycles. The highest BCUT2D eigenvalue weighted by Gasteiger charge is 2.62. The lowest BCUT2D eigenvalue weighted by Crippen LogP contribution is -2.60. The number of rotatable bonds is 6. The topological polar surface area (TPSA) is 176 Å². The van der Waals surface area contributed by atoms with E-state index >= 15 is 0 Å². The summed E-state index contributed by atoms with van der Waals surface area (Å²) in [7, 11) is -4.14. The molecule has 14 nitrogen and oxygen atoms in total. The van der Waals surface area contributed by atoms with Crippen molar-refractivity contribution >= 4 is 50.9 Å². The van der Waals surface area contributed by atoms with Crippen LogP contribution in [0.1, 0.15) is 71.3 Å². The number of ether oxygens (including phenoxy) is 2. The number of carbonyl (C=O) groups is 4. The number of fused-ring (bicyclic) bond motifs is 3. The van der Waals surface area contributed by atoms with Crippen molar-refractivity contribution in [3.63, 3.8) is 0 Å². The van der Waals surface area contributed by atoms with E-state index in [2.05, 4.69) is 26.9 Å². The van der Waals surface area contributed by atoms with Gasteiger partial charge in [-0.25, -0.2) is 14.5 Å². The number of hydrogen-bond acceptors (Lipinski definition) is 9. The second-order valence-electron chi connectivity index (χ2n) is 15.1. The molecule has 0 radical (unpaired) electrons. The molecule has 2 saturated heterocycles. The van der Waals surface area contributed by atoms with Gasteiger partial charge in [-0.15, -0.1) is 6.58 Å². The molecule has 3 fully saturated rings. The Bertz CT molecular complexity index is 1870. The van der Waals surface area contributed by atoms with E-state index in [1.54, 1.807) is 27.0 Å². The zero-order valence-electron chi connectivity index (χ0n) is 29.9. The first-order valence-corrected chi connectivity index (χ1v) is 19.4. The van der Waals surface area contributed by atoms with Gasteiger partial charge in [-0.2, -0.15) is 12.7 Å². The van der Waals surface area contributed by atoms with Crippen LogP contribution in [0.2, 0.25) is 0 Å². The number of cyclic esters (lactones) is 1. The summed E-state index contributed by atoms with van der Waals surface area (Å²) in [5.74, 6) is -2.24. The molecule has 15 heteroatoms. The molecule has 52 heavy (non-hydrogen) atoms. The molecule has 4 aliphatic rings. The number of hydrogen-bond donors (Lipinski definition) is 3. The third kappa shape index (κ3) is 7.94. The third-order valence-electron chi connectivity index (χ3n) is 10.2. The molecule has 0 unspecified atom stereocenters. The summed E-state index contributed by atoms with van der Waals surface area (Å²) in [6.07, 6.45) is 9.35. The van der Waals surface area contributed by atoms with Crippen LogP contribution in [0.4, 0.5) is 4.79 Å². The lowest BCUT2D eigenvalue weighted by Gasteiger charge is -2.35. The highest BCUT2D eigenvalue weighted by Crippen LogP contribution is 2.45. The number of nitrogens with zero attached hydrogens (tertiary/aromatic N) is 3. The van der Waals surface area contributed by atoms with Gasteiger partial charge in [0.2, 0.25) is 17.7 Å². The number of carbonyl (C=O) groups excluding carboxylic acids is 4. The Kier molecular flexibility index (Phi) is 10.6. The van der Waals surface area contributed by atoms with E-state index < -0.39 is 69.1 Å². The maximum atomic E-state index is 14.5. The minimum absolute atomic E-state index is 0.0225. The fourth-order valence-corrected chi connectivity index (χ4v) is 8.45. The van der Waals surface area contributed by atoms with E-state index in [0.29, 0.717) is 44.7 Å². The van der Waals surface area contributed by atoms with E-state index in [-0.39, 0.29) is 26.0 Å². The van der Waals surface area contributed by atoms with Crippen LogP contribution in [0.3, 0.4) is 0 Å². The molecule has 1 aromatic carbocycles. The highest BCUT2D eigenvalue weighted by atomic mass is 32.2. The van der Waals surface area contributed by atoms with Crippen LogP contribution in [0.5, 0.6) is 5.88 Å². The van der Waals surface area contributed by atoms with E-state index in [1.807, 2.05) is 36.4 Å². The number of benzene rings is 1. The monoisotopic (exact) mass is 736 g/mol. The van der Waals surface area contributed by atoms with Gasteiger partial charge in [-0.1, -0.05) is 57.6 Å². The maximum absolute atomic E-state index is 14.5. The molecule has 1 aromatic heterocycles. The molecule has 4 amide bonds. The molecule has 2 aromatic rings. The molecule has 3 N–H and O–H groups in total. The number of nitrogens with one attached hydrogen (secondary N) is 3. The Morgan fingerprint density at radius 2 is 1.88 bits per heavy atom. The molecule has 0 spiro atoms. The summed E-state index contributed by atoms with van der Waals surface area (Å²) in [6.45, 7) is 9.90. The SMILES string of the molecule is C=C[C@@H]1C[C@]1(NC(=O)[C@@H]1C[C@@H]2CN1C(=O)[C@H](C(C)(C)C)NC(=O)OCCC/C=C\c1ccc3ccnc(c3c1)O2)C(=O)NS(=O)(=O)N1CCCCC1. The quantitative estimate of drug-likeness (QED) is 0.375. The van der Waals surface area contributed by atoms with Crippen molar-refractivity contribution < 1.29 is 37.1 Å². The van der Waals surface area contributed by atoms with Crippen molar-refractivity contribution in [1.82, 2.24) is 29.5 Å². The van der Waals surface area contributed by atoms with Crippen LogP contribution < -0.4 is 20.1 Å². The maximum Gasteiger partial charge on any atom is 0.407 e. The van der Waals surface area contributed by atoms with Gasteiger partial charge in [0.1, 0.15) is 23.7 Å². The van der Waals surface area contributed by atoms with Crippen molar-refractivity contribution in [2.75, 3.05) is 26.2 Å². The highest BCUT2D eigenvalue weighted by molar-refractivity contribution is 7.87. The van der Waals surface area contributed by atoms with Crippen molar-refractivity contribution in [3.05, 3.63) is 54.8 Å². The van der Waals surface area contributed by atoms with Crippen LogP contribution in [0, 0.1) is 11.3 Å². The lowest BCUT2D eigenvalue weighted by molar-refractivity contribution is -0.142. The molecule has 5 atom stereocenters. The summed E-state index contributed by atoms with van der Waals surface area (Å²) < 4.78 is 41.6. The van der Waals surface area contributed by atoms with Gasteiger partial charge in [0, 0.05) is 37.0 Å². The fraction of sp³-hybridized carbons (Fsp3) is 0.541. The zero-order valence-corrected chi connectivity index (χ0v) is 30.7. The minimum atomic E-state index is -4.14. The van der Waals surface area contributed by atoms with Crippen LogP contribution in [0.25, 0.3) is 16.8 Å². The van der Waals surface area contributed by atoms with Gasteiger partial charge in [0.25, 0.3) is 5.91 Å². The Morgan fingerprint density at radius 1 is 1.12 bits per heavy atom. The van der Waals surface area contributed by atoms with E-state index in [9.17, 15) is 27.6 Å². The van der Waals surface area contributed by atoms with Gasteiger partial charge in [-0.05, 0) is 60.6 Å². The molecule has 3 aliphatic heterocycles. The Morgan fingerprint density at radius 3 is 2.60 bits per heavy atom. The van der Waals surface area contributed by atoms with E-state index in [1.165, 1.54) is 15.3 Å². The first-order chi connectivity index (χ1) is 24.7. The number of aromatic nitrogens is 1. The van der Waals surface area contributed by atoms with Crippen molar-refractivity contribution in [3.8, 4) is 5.88 Å². The smallest absolute Gasteiger partial charge is 0.407 e. The second kappa shape index (κ2) is 14.9. The standard InChI is InChI=1S/C37H48N6O8S/c1-5-26-22-37(26,34(46)41-52(48,49)42-17-9-7-10-18-42)40-31(44)29-21-27-23-43(29)33(45)30(36(2,3)4)39-35(47)50-19-11-6-8-12-24-13-14-25-15-16-38-32(51-27)28(25)20-24/h5,8,12-16,20,26-27,29-30H,1,6-7,9-11,17-19,21-23H2,2-4H3,(H,39,47)(H,40,44)(H,41,46)/b12-8-/t26-,27-,29+,30-,37-/m1/s1. The third-order valence-corrected chi connectivity index (χ3v) is 11.7. The largest absolute Gasteiger partial charge is 0.472 e. The van der Waals surface area contributed by atoms with E-state index in [4.69, 9.17) is 9.47 Å². The normalized spacial score (nSPS) is 28.1. The van der Waals surface area contributed by atoms with Gasteiger partial charge in [0.05, 0.1) is 13.2 Å². The van der Waals surface area contributed by atoms with Crippen LogP contribution in [-0.2, 0) is 29.3 Å². The van der Waals surface area contributed by atoms with Crippen LogP contribution >= 0.6 is 0 Å². The Hall–Kier alpha value is -4.50. The number of alkyl carbamates (subject to hydrolysis) is 1. The molecule has 4 heterocycles. The molecular weight excluding hydrogens is 689 g/mol. The summed E-state index contributed by atoms with van der Waals surface area (Å²) in [6, 6.07) is 5.56. The summed E-state index contributed by atoms with van der Waals surface area (Å²) in [4.78, 5) is 61.3. The first-order valence-electron chi connectivity index (χ1n) is 17.9. The van der Waals surface area contributed by atoms with Gasteiger partial charge >= 0.3 is 16.3 Å². The molecule has 280 valence electrons. The summed E-state index contributed by atoms with van der Waals surface area (Å²) in [5.41, 5.74) is -1.44. The van der Waals surface area contributed by atoms with E-state index in [0.717, 1.165) is 22.8 Å². The number of amides is 4. The average molecular weight is 737 g/mol. The number of allylic oxidation sites excluding steroid dienone is 1. The lowest BCUT2D eigenvalue weighted by atomic mass is 9.85. The molecular formula is C37H48N6O8S. The average Bonchev–Trinajstić information content (AvgIpc) is 3.67. The first kappa shape index (κ1) is 37.3. The number of piperidine rings is 1. The predicted molar refractivity (Wildman–Crippen MR) is 194 cm³/mol. The Labute approximate surface area is 304 Å². The Balaban J connectivity index is 1.31. The predicted octanol–water partition coefficient (Wildman–Crippen LogP) is 3.44. The fourth-order valence-electron chi connectivity index (χ4n) is 7.16. The molecule has 4 bridgehead atoms. The summed E-state index contributed by atoms with van der Waals surface area (Å²) >= 11 is 0. The summed E-state index contributed by atoms with van der Waals surface area (Å²) in [5, 5.41) is 7.20. The van der Waals surface area contributed by atoms with Gasteiger partial charge < -0.3 is 25.0 Å².